The van der Waals surface area contributed by atoms with Gasteiger partial charge in [0.2, 0.25) is 0 Å². The number of hydrogen-bond acceptors (Lipinski definition) is 3. The summed E-state index contributed by atoms with van der Waals surface area (Å²) >= 11 is 0. The van der Waals surface area contributed by atoms with Gasteiger partial charge in [0, 0.05) is 0 Å². The lowest BCUT2D eigenvalue weighted by Crippen LogP contribution is -2.22. The third-order valence-corrected chi connectivity index (χ3v) is 5.31. The Morgan fingerprint density at radius 1 is 0.762 bits per heavy atom. The molecule has 5 heteroatoms. The van der Waals surface area contributed by atoms with E-state index < -0.39 is 21.5 Å². The van der Waals surface area contributed by atoms with Gasteiger partial charge >= 0.3 is 0 Å². The van der Waals surface area contributed by atoms with Gasteiger partial charge in [0.1, 0.15) is 0 Å². The van der Waals surface area contributed by atoms with E-state index in [1.807, 2.05) is 6.92 Å². The standard InChI is InChI=1S/C16H34O4S/c1-3-5-6-7-8-9-10-12-15(17)13-14-16(11-4-2)21(18,19)20/h15-17H,3-14H2,1-2H3,(H,18,19,20). The highest BCUT2D eigenvalue weighted by atomic mass is 32.2. The van der Waals surface area contributed by atoms with E-state index in [4.69, 9.17) is 4.55 Å². The van der Waals surface area contributed by atoms with Crippen molar-refractivity contribution in [3.05, 3.63) is 0 Å². The quantitative estimate of drug-likeness (QED) is 0.369. The van der Waals surface area contributed by atoms with E-state index >= 15 is 0 Å². The van der Waals surface area contributed by atoms with Gasteiger partial charge in [0.25, 0.3) is 10.1 Å². The highest BCUT2D eigenvalue weighted by Gasteiger charge is 2.22. The molecule has 2 atom stereocenters. The van der Waals surface area contributed by atoms with Crippen molar-refractivity contribution in [1.82, 2.24) is 0 Å². The number of rotatable bonds is 14. The average Bonchev–Trinajstić information content (AvgIpc) is 2.41. The maximum Gasteiger partial charge on any atom is 0.267 e. The maximum absolute atomic E-state index is 11.2. The van der Waals surface area contributed by atoms with Crippen LogP contribution in [0.5, 0.6) is 0 Å². The Bertz CT molecular complexity index is 327. The summed E-state index contributed by atoms with van der Waals surface area (Å²) < 4.78 is 31.5. The molecule has 0 rings (SSSR count). The first-order valence-corrected chi connectivity index (χ1v) is 10.1. The predicted molar refractivity (Wildman–Crippen MR) is 88.1 cm³/mol. The van der Waals surface area contributed by atoms with Crippen molar-refractivity contribution in [2.24, 2.45) is 0 Å². The van der Waals surface area contributed by atoms with E-state index in [9.17, 15) is 13.5 Å². The van der Waals surface area contributed by atoms with Gasteiger partial charge in [0.15, 0.2) is 0 Å². The molecule has 0 bridgehead atoms. The molecule has 0 spiro atoms. The summed E-state index contributed by atoms with van der Waals surface area (Å²) in [7, 11) is -3.97. The van der Waals surface area contributed by atoms with Crippen LogP contribution in [0.2, 0.25) is 0 Å². The monoisotopic (exact) mass is 322 g/mol. The maximum atomic E-state index is 11.2. The van der Waals surface area contributed by atoms with Gasteiger partial charge in [-0.25, -0.2) is 0 Å². The Kier molecular flexibility index (Phi) is 12.3. The van der Waals surface area contributed by atoms with Crippen LogP contribution in [-0.4, -0.2) is 29.4 Å². The SMILES string of the molecule is CCCCCCCCCC(O)CCC(CCC)S(=O)(=O)O. The average molecular weight is 323 g/mol. The number of hydrogen-bond donors (Lipinski definition) is 2. The van der Waals surface area contributed by atoms with Gasteiger partial charge < -0.3 is 5.11 Å². The van der Waals surface area contributed by atoms with E-state index in [-0.39, 0.29) is 0 Å². The molecule has 2 N–H and O–H groups in total. The van der Waals surface area contributed by atoms with Gasteiger partial charge in [-0.3, -0.25) is 4.55 Å². The number of aliphatic hydroxyl groups excluding tert-OH is 1. The molecule has 0 aromatic carbocycles. The van der Waals surface area contributed by atoms with Crippen LogP contribution in [-0.2, 0) is 10.1 Å². The zero-order valence-corrected chi connectivity index (χ0v) is 14.6. The first-order valence-electron chi connectivity index (χ1n) is 8.56. The molecule has 0 amide bonds. The molecule has 128 valence electrons. The van der Waals surface area contributed by atoms with Crippen LogP contribution < -0.4 is 0 Å². The molecule has 4 nitrogen and oxygen atoms in total. The second kappa shape index (κ2) is 12.4. The number of aliphatic hydroxyl groups is 1. The summed E-state index contributed by atoms with van der Waals surface area (Å²) in [4.78, 5) is 0. The minimum absolute atomic E-state index is 0.352. The van der Waals surface area contributed by atoms with E-state index in [0.717, 1.165) is 25.7 Å². The summed E-state index contributed by atoms with van der Waals surface area (Å²) in [6, 6.07) is 0. The normalized spacial score (nSPS) is 15.0. The smallest absolute Gasteiger partial charge is 0.267 e. The molecule has 2 unspecified atom stereocenters. The van der Waals surface area contributed by atoms with Crippen LogP contribution in [0.25, 0.3) is 0 Å². The highest BCUT2D eigenvalue weighted by Crippen LogP contribution is 2.17. The molecule has 0 aromatic heterocycles. The van der Waals surface area contributed by atoms with Crippen molar-refractivity contribution < 1.29 is 18.1 Å². The van der Waals surface area contributed by atoms with Crippen LogP contribution in [0, 0.1) is 0 Å². The molecule has 0 saturated carbocycles. The van der Waals surface area contributed by atoms with Crippen LogP contribution in [0.15, 0.2) is 0 Å². The Hall–Kier alpha value is -0.130. The second-order valence-electron chi connectivity index (χ2n) is 6.07. The molecule has 21 heavy (non-hydrogen) atoms. The van der Waals surface area contributed by atoms with Crippen LogP contribution in [0.3, 0.4) is 0 Å². The molecule has 0 radical (unpaired) electrons. The van der Waals surface area contributed by atoms with E-state index in [1.165, 1.54) is 32.1 Å². The molecule has 0 saturated heterocycles. The van der Waals surface area contributed by atoms with Gasteiger partial charge in [-0.2, -0.15) is 8.42 Å². The lowest BCUT2D eigenvalue weighted by atomic mass is 10.0. The fourth-order valence-electron chi connectivity index (χ4n) is 2.62. The Balaban J connectivity index is 3.71. The summed E-state index contributed by atoms with van der Waals surface area (Å²) in [6.45, 7) is 4.10. The van der Waals surface area contributed by atoms with Crippen molar-refractivity contribution >= 4 is 10.1 Å². The molecule has 0 heterocycles. The Labute approximate surface area is 131 Å². The zero-order chi connectivity index (χ0) is 16.1. The van der Waals surface area contributed by atoms with Crippen molar-refractivity contribution in [3.63, 3.8) is 0 Å². The van der Waals surface area contributed by atoms with Crippen LogP contribution >= 0.6 is 0 Å². The lowest BCUT2D eigenvalue weighted by molar-refractivity contribution is 0.147. The van der Waals surface area contributed by atoms with Crippen LogP contribution in [0.4, 0.5) is 0 Å². The molecule has 0 aliphatic carbocycles. The first kappa shape index (κ1) is 20.9. The van der Waals surface area contributed by atoms with E-state index in [0.29, 0.717) is 19.3 Å². The third kappa shape index (κ3) is 12.1. The molecule has 0 aliphatic rings. The predicted octanol–water partition coefficient (Wildman–Crippen LogP) is 4.32. The summed E-state index contributed by atoms with van der Waals surface area (Å²) in [5.74, 6) is 0. The second-order valence-corrected chi connectivity index (χ2v) is 7.76. The molecule has 0 fully saturated rings. The minimum atomic E-state index is -3.97. The zero-order valence-electron chi connectivity index (χ0n) is 13.8. The van der Waals surface area contributed by atoms with Crippen molar-refractivity contribution in [2.45, 2.75) is 102 Å². The van der Waals surface area contributed by atoms with Gasteiger partial charge in [-0.15, -0.1) is 0 Å². The van der Waals surface area contributed by atoms with Crippen molar-refractivity contribution in [3.8, 4) is 0 Å². The largest absolute Gasteiger partial charge is 0.393 e. The fourth-order valence-corrected chi connectivity index (χ4v) is 3.59. The molecular formula is C16H34O4S. The fraction of sp³-hybridized carbons (Fsp3) is 1.00. The summed E-state index contributed by atoms with van der Waals surface area (Å²) in [6.07, 6.45) is 10.8. The topological polar surface area (TPSA) is 74.6 Å². The van der Waals surface area contributed by atoms with Crippen LogP contribution in [0.1, 0.15) is 90.9 Å². The summed E-state index contributed by atoms with van der Waals surface area (Å²) in [5.41, 5.74) is 0. The molecule has 0 aliphatic heterocycles. The van der Waals surface area contributed by atoms with Crippen molar-refractivity contribution in [1.29, 1.82) is 0 Å². The lowest BCUT2D eigenvalue weighted by Gasteiger charge is -2.15. The minimum Gasteiger partial charge on any atom is -0.393 e. The third-order valence-electron chi connectivity index (χ3n) is 3.99. The van der Waals surface area contributed by atoms with Gasteiger partial charge in [0.05, 0.1) is 11.4 Å². The Morgan fingerprint density at radius 3 is 1.86 bits per heavy atom. The van der Waals surface area contributed by atoms with Gasteiger partial charge in [-0.1, -0.05) is 65.2 Å². The van der Waals surface area contributed by atoms with Gasteiger partial charge in [-0.05, 0) is 25.7 Å². The molecular weight excluding hydrogens is 288 g/mol. The first-order chi connectivity index (χ1) is 9.91. The Morgan fingerprint density at radius 2 is 1.33 bits per heavy atom. The molecule has 0 aromatic rings. The highest BCUT2D eigenvalue weighted by molar-refractivity contribution is 7.86. The summed E-state index contributed by atoms with van der Waals surface area (Å²) in [5, 5.41) is 9.18. The van der Waals surface area contributed by atoms with Crippen molar-refractivity contribution in [2.75, 3.05) is 0 Å². The number of unbranched alkanes of at least 4 members (excludes halogenated alkanes) is 6. The van der Waals surface area contributed by atoms with E-state index in [2.05, 4.69) is 6.92 Å². The van der Waals surface area contributed by atoms with E-state index in [1.54, 1.807) is 0 Å².